The molecule has 1 aromatic carbocycles. The van der Waals surface area contributed by atoms with Gasteiger partial charge in [0, 0.05) is 13.1 Å². The quantitative estimate of drug-likeness (QED) is 0.734. The number of nitrogens with zero attached hydrogens (tertiary/aromatic N) is 1. The second-order valence-corrected chi connectivity index (χ2v) is 6.03. The molecule has 0 atom stereocenters. The Labute approximate surface area is 98.4 Å². The largest absolute Gasteiger partial charge is 0.397 e. The minimum atomic E-state index is 0.413. The Kier molecular flexibility index (Phi) is 2.61. The molecule has 0 saturated carbocycles. The number of anilines is 2. The van der Waals surface area contributed by atoms with Crippen LogP contribution in [-0.2, 0) is 0 Å². The molecule has 0 spiro atoms. The molecule has 0 aliphatic carbocycles. The third-order valence-corrected chi connectivity index (χ3v) is 3.63. The van der Waals surface area contributed by atoms with Crippen LogP contribution in [-0.4, -0.2) is 13.1 Å². The highest BCUT2D eigenvalue weighted by molar-refractivity contribution is 5.69. The van der Waals surface area contributed by atoms with Crippen molar-refractivity contribution in [2.24, 2.45) is 11.3 Å². The van der Waals surface area contributed by atoms with Gasteiger partial charge in [0.25, 0.3) is 0 Å². The van der Waals surface area contributed by atoms with Crippen molar-refractivity contribution in [2.75, 3.05) is 23.7 Å². The van der Waals surface area contributed by atoms with Crippen LogP contribution in [0.3, 0.4) is 0 Å². The Morgan fingerprint density at radius 1 is 1.25 bits per heavy atom. The van der Waals surface area contributed by atoms with E-state index < -0.39 is 0 Å². The lowest BCUT2D eigenvalue weighted by atomic mass is 9.76. The van der Waals surface area contributed by atoms with Crippen molar-refractivity contribution in [2.45, 2.75) is 27.7 Å². The summed E-state index contributed by atoms with van der Waals surface area (Å²) in [7, 11) is 0. The summed E-state index contributed by atoms with van der Waals surface area (Å²) in [5, 5.41) is 0. The van der Waals surface area contributed by atoms with Crippen LogP contribution in [0.5, 0.6) is 0 Å². The number of nitrogens with two attached hydrogens (primary N) is 1. The van der Waals surface area contributed by atoms with Crippen LogP contribution in [0, 0.1) is 18.3 Å². The molecule has 0 amide bonds. The number of nitrogen functional groups attached to an aromatic ring is 1. The van der Waals surface area contributed by atoms with E-state index in [4.69, 9.17) is 5.73 Å². The Morgan fingerprint density at radius 3 is 2.38 bits per heavy atom. The van der Waals surface area contributed by atoms with Gasteiger partial charge in [0.15, 0.2) is 0 Å². The normalized spacial score (nSPS) is 17.4. The topological polar surface area (TPSA) is 29.3 Å². The van der Waals surface area contributed by atoms with E-state index in [0.29, 0.717) is 5.41 Å². The summed E-state index contributed by atoms with van der Waals surface area (Å²) in [5.74, 6) is 0.785. The minimum absolute atomic E-state index is 0.413. The molecule has 1 fully saturated rings. The predicted molar refractivity (Wildman–Crippen MR) is 70.7 cm³/mol. The fraction of sp³-hybridized carbons (Fsp3) is 0.571. The Balaban J connectivity index is 2.07. The molecule has 0 aromatic heterocycles. The summed E-state index contributed by atoms with van der Waals surface area (Å²) in [6.45, 7) is 11.3. The highest BCUT2D eigenvalue weighted by atomic mass is 15.2. The van der Waals surface area contributed by atoms with Crippen molar-refractivity contribution in [1.82, 2.24) is 0 Å². The first-order valence-electron chi connectivity index (χ1n) is 5.99. The van der Waals surface area contributed by atoms with E-state index in [2.05, 4.69) is 50.8 Å². The lowest BCUT2D eigenvalue weighted by molar-refractivity contribution is 0.195. The van der Waals surface area contributed by atoms with Gasteiger partial charge < -0.3 is 10.6 Å². The Morgan fingerprint density at radius 2 is 1.88 bits per heavy atom. The molecule has 1 aliphatic heterocycles. The summed E-state index contributed by atoms with van der Waals surface area (Å²) in [4.78, 5) is 2.38. The zero-order chi connectivity index (χ0) is 11.9. The monoisotopic (exact) mass is 218 g/mol. The van der Waals surface area contributed by atoms with Gasteiger partial charge in [-0.2, -0.15) is 0 Å². The van der Waals surface area contributed by atoms with E-state index in [0.717, 1.165) is 24.7 Å². The Hall–Kier alpha value is -1.18. The van der Waals surface area contributed by atoms with Gasteiger partial charge >= 0.3 is 0 Å². The van der Waals surface area contributed by atoms with Crippen molar-refractivity contribution in [3.05, 3.63) is 23.8 Å². The van der Waals surface area contributed by atoms with E-state index >= 15 is 0 Å². The highest BCUT2D eigenvalue weighted by Crippen LogP contribution is 2.38. The number of hydrogen-bond donors (Lipinski definition) is 1. The lowest BCUT2D eigenvalue weighted by Crippen LogP contribution is -2.52. The van der Waals surface area contributed by atoms with Gasteiger partial charge in [-0.15, -0.1) is 0 Å². The average Bonchev–Trinajstić information content (AvgIpc) is 2.03. The second-order valence-electron chi connectivity index (χ2n) is 6.03. The molecule has 2 nitrogen and oxygen atoms in total. The maximum atomic E-state index is 6.04. The molecule has 1 saturated heterocycles. The van der Waals surface area contributed by atoms with Crippen LogP contribution in [0.1, 0.15) is 26.3 Å². The number of benzene rings is 1. The fourth-order valence-electron chi connectivity index (χ4n) is 2.18. The van der Waals surface area contributed by atoms with E-state index in [-0.39, 0.29) is 0 Å². The van der Waals surface area contributed by atoms with Crippen molar-refractivity contribution >= 4 is 11.4 Å². The summed E-state index contributed by atoms with van der Waals surface area (Å²) in [6, 6.07) is 6.33. The maximum absolute atomic E-state index is 6.04. The minimum Gasteiger partial charge on any atom is -0.397 e. The summed E-state index contributed by atoms with van der Waals surface area (Å²) in [5.41, 5.74) is 9.80. The van der Waals surface area contributed by atoms with Crippen LogP contribution in [0.4, 0.5) is 11.4 Å². The molecule has 0 radical (unpaired) electrons. The lowest BCUT2D eigenvalue weighted by Gasteiger charge is -2.48. The molecule has 0 bridgehead atoms. The maximum Gasteiger partial charge on any atom is 0.0600 e. The average molecular weight is 218 g/mol. The smallest absolute Gasteiger partial charge is 0.0600 e. The fourth-order valence-corrected chi connectivity index (χ4v) is 2.18. The van der Waals surface area contributed by atoms with Gasteiger partial charge in [-0.1, -0.05) is 26.8 Å². The third-order valence-electron chi connectivity index (χ3n) is 3.63. The van der Waals surface area contributed by atoms with Gasteiger partial charge in [0.2, 0.25) is 0 Å². The molecule has 88 valence electrons. The first-order chi connectivity index (χ1) is 7.38. The molecule has 2 heteroatoms. The third kappa shape index (κ3) is 2.01. The van der Waals surface area contributed by atoms with Crippen LogP contribution in [0.2, 0.25) is 0 Å². The number of hydrogen-bond acceptors (Lipinski definition) is 2. The zero-order valence-corrected chi connectivity index (χ0v) is 10.7. The van der Waals surface area contributed by atoms with Crippen LogP contribution in [0.15, 0.2) is 18.2 Å². The van der Waals surface area contributed by atoms with E-state index in [1.807, 2.05) is 0 Å². The second kappa shape index (κ2) is 3.69. The van der Waals surface area contributed by atoms with Crippen molar-refractivity contribution in [3.8, 4) is 0 Å². The zero-order valence-electron chi connectivity index (χ0n) is 10.7. The van der Waals surface area contributed by atoms with Crippen LogP contribution in [0.25, 0.3) is 0 Å². The first-order valence-corrected chi connectivity index (χ1v) is 5.99. The van der Waals surface area contributed by atoms with Gasteiger partial charge in [0.1, 0.15) is 0 Å². The van der Waals surface area contributed by atoms with Crippen LogP contribution >= 0.6 is 0 Å². The molecule has 1 aromatic rings. The van der Waals surface area contributed by atoms with Gasteiger partial charge in [-0.25, -0.2) is 0 Å². The van der Waals surface area contributed by atoms with Crippen molar-refractivity contribution in [1.29, 1.82) is 0 Å². The van der Waals surface area contributed by atoms with E-state index in [1.165, 1.54) is 11.3 Å². The first kappa shape index (κ1) is 11.3. The predicted octanol–water partition coefficient (Wildman–Crippen LogP) is 3.06. The Bertz CT molecular complexity index is 384. The number of rotatable bonds is 1. The summed E-state index contributed by atoms with van der Waals surface area (Å²) in [6.07, 6.45) is 0. The summed E-state index contributed by atoms with van der Waals surface area (Å²) >= 11 is 0. The van der Waals surface area contributed by atoms with Crippen molar-refractivity contribution < 1.29 is 0 Å². The van der Waals surface area contributed by atoms with Gasteiger partial charge in [0.05, 0.1) is 11.4 Å². The van der Waals surface area contributed by atoms with Crippen molar-refractivity contribution in [3.63, 3.8) is 0 Å². The van der Waals surface area contributed by atoms with E-state index in [1.54, 1.807) is 0 Å². The molecule has 2 rings (SSSR count). The molecular formula is C14H22N2. The highest BCUT2D eigenvalue weighted by Gasteiger charge is 2.36. The molecule has 0 unspecified atom stereocenters. The molecule has 1 heterocycles. The molecule has 16 heavy (non-hydrogen) atoms. The number of aryl methyl sites for hydroxylation is 1. The molecule has 2 N–H and O–H groups in total. The van der Waals surface area contributed by atoms with E-state index in [9.17, 15) is 0 Å². The van der Waals surface area contributed by atoms with Gasteiger partial charge in [-0.3, -0.25) is 0 Å². The standard InChI is InChI=1S/C14H22N2/c1-10-5-6-13(12(15)7-10)16-8-11(9-16)14(2,3)4/h5-7,11H,8-9,15H2,1-4H3. The molecule has 1 aliphatic rings. The van der Waals surface area contributed by atoms with Gasteiger partial charge in [-0.05, 0) is 36.0 Å². The molecular weight excluding hydrogens is 196 g/mol. The SMILES string of the molecule is Cc1ccc(N2CC(C(C)(C)C)C2)c(N)c1. The summed E-state index contributed by atoms with van der Waals surface area (Å²) < 4.78 is 0. The van der Waals surface area contributed by atoms with Crippen LogP contribution < -0.4 is 10.6 Å².